The second-order valence-corrected chi connectivity index (χ2v) is 20.1. The Bertz CT molecular complexity index is 1830. The van der Waals surface area contributed by atoms with Gasteiger partial charge in [0.2, 0.25) is 11.5 Å². The number of thiazole rings is 1. The summed E-state index contributed by atoms with van der Waals surface area (Å²) in [6.07, 6.45) is -0.984. The van der Waals surface area contributed by atoms with Gasteiger partial charge in [-0.15, -0.1) is 11.3 Å². The normalized spacial score (nSPS) is 16.2. The molecule has 0 saturated carbocycles. The lowest BCUT2D eigenvalue weighted by atomic mass is 9.77. The van der Waals surface area contributed by atoms with Crippen LogP contribution in [0.4, 0.5) is 5.13 Å². The van der Waals surface area contributed by atoms with E-state index in [-0.39, 0.29) is 18.0 Å². The molecule has 264 valence electrons. The van der Waals surface area contributed by atoms with Gasteiger partial charge in [0.15, 0.2) is 10.8 Å². The lowest BCUT2D eigenvalue weighted by Gasteiger charge is -2.36. The Labute approximate surface area is 301 Å². The fourth-order valence-electron chi connectivity index (χ4n) is 5.28. The van der Waals surface area contributed by atoms with Crippen molar-refractivity contribution >= 4 is 48.0 Å². The molecule has 0 unspecified atom stereocenters. The summed E-state index contributed by atoms with van der Waals surface area (Å²) in [6.45, 7) is 9.74. The van der Waals surface area contributed by atoms with Gasteiger partial charge in [-0.25, -0.2) is 9.78 Å². The minimum atomic E-state index is -1.56. The van der Waals surface area contributed by atoms with Gasteiger partial charge in [-0.05, 0) is 42.1 Å². The number of rotatable bonds is 15. The SMILES string of the molecule is CC(C)(ON=C(C(=O)N[C@@H]1C(=O)N[C@@H]1N=[N+]=[N-])c1csc(NC(c2ccccc2)(c2ccccc2)c2ccccc2)n1)C(=O)OCC[Si](C)(C)C. The lowest BCUT2D eigenvalue weighted by molar-refractivity contribution is -0.167. The van der Waals surface area contributed by atoms with Crippen LogP contribution in [0.25, 0.3) is 10.4 Å². The standard InChI is InChI=1S/C36H40N8O5SSi/c1-35(2,33(47)48-21-22-51(3,4)5)49-43-28(31(45)39-29-30(42-44-37)40-32(29)46)27-23-50-34(38-27)41-36(24-15-9-6-10-16-24,25-17-11-7-12-18-25)26-19-13-8-14-20-26/h6-20,23,29-30H,21-22H2,1-5H3,(H,38,41)(H,39,45)(H,40,46)/t29-,30+/m0/s1. The number of hydrogen-bond acceptors (Lipinski definition) is 10. The molecule has 3 N–H and O–H groups in total. The predicted molar refractivity (Wildman–Crippen MR) is 199 cm³/mol. The van der Waals surface area contributed by atoms with Gasteiger partial charge in [-0.1, -0.05) is 121 Å². The zero-order chi connectivity index (χ0) is 36.6. The number of benzene rings is 3. The molecule has 1 aliphatic rings. The topological polar surface area (TPSA) is 180 Å². The number of amides is 2. The summed E-state index contributed by atoms with van der Waals surface area (Å²) in [6, 6.07) is 29.5. The first-order valence-corrected chi connectivity index (χ1v) is 20.9. The maximum absolute atomic E-state index is 13.8. The molecule has 51 heavy (non-hydrogen) atoms. The van der Waals surface area contributed by atoms with E-state index in [0.717, 1.165) is 22.7 Å². The van der Waals surface area contributed by atoms with E-state index in [4.69, 9.17) is 20.1 Å². The first-order chi connectivity index (χ1) is 24.3. The average Bonchev–Trinajstić information content (AvgIpc) is 3.58. The number of carbonyl (C=O) groups excluding carboxylic acids is 3. The number of hydrogen-bond donors (Lipinski definition) is 3. The minimum Gasteiger partial charge on any atom is -0.463 e. The van der Waals surface area contributed by atoms with Crippen molar-refractivity contribution < 1.29 is 24.0 Å². The number of aromatic nitrogens is 1. The van der Waals surface area contributed by atoms with Crippen molar-refractivity contribution in [2.45, 2.75) is 62.9 Å². The number of anilines is 1. The Morgan fingerprint density at radius 2 is 1.51 bits per heavy atom. The van der Waals surface area contributed by atoms with Crippen molar-refractivity contribution in [1.82, 2.24) is 15.6 Å². The minimum absolute atomic E-state index is 0.117. The molecule has 3 aromatic carbocycles. The first-order valence-electron chi connectivity index (χ1n) is 16.3. The third kappa shape index (κ3) is 8.63. The number of ether oxygens (including phenoxy) is 1. The second kappa shape index (κ2) is 15.6. The van der Waals surface area contributed by atoms with E-state index in [1.165, 1.54) is 25.2 Å². The van der Waals surface area contributed by atoms with E-state index in [1.807, 2.05) is 91.0 Å². The van der Waals surface area contributed by atoms with Gasteiger partial charge in [-0.3, -0.25) is 9.59 Å². The quantitative estimate of drug-likeness (QED) is 0.0151. The van der Waals surface area contributed by atoms with E-state index in [2.05, 4.69) is 50.8 Å². The smallest absolute Gasteiger partial charge is 0.352 e. The van der Waals surface area contributed by atoms with Gasteiger partial charge in [0.25, 0.3) is 5.91 Å². The Hall–Kier alpha value is -5.50. The van der Waals surface area contributed by atoms with Gasteiger partial charge >= 0.3 is 5.97 Å². The zero-order valence-electron chi connectivity index (χ0n) is 29.0. The molecule has 1 aliphatic heterocycles. The molecule has 2 amide bonds. The fourth-order valence-corrected chi connectivity index (χ4v) is 6.74. The Balaban J connectivity index is 1.52. The van der Waals surface area contributed by atoms with Crippen LogP contribution in [0.15, 0.2) is 107 Å². The van der Waals surface area contributed by atoms with Crippen molar-refractivity contribution in [3.05, 3.63) is 129 Å². The summed E-state index contributed by atoms with van der Waals surface area (Å²) in [4.78, 5) is 52.3. The highest BCUT2D eigenvalue weighted by Crippen LogP contribution is 2.40. The van der Waals surface area contributed by atoms with Crippen molar-refractivity contribution in [3.8, 4) is 0 Å². The van der Waals surface area contributed by atoms with E-state index in [0.29, 0.717) is 5.13 Å². The van der Waals surface area contributed by atoms with E-state index in [9.17, 15) is 14.4 Å². The molecule has 1 saturated heterocycles. The van der Waals surface area contributed by atoms with Crippen molar-refractivity contribution in [3.63, 3.8) is 0 Å². The van der Waals surface area contributed by atoms with Gasteiger partial charge < -0.3 is 25.5 Å². The Morgan fingerprint density at radius 1 is 0.961 bits per heavy atom. The Kier molecular flexibility index (Phi) is 11.2. The van der Waals surface area contributed by atoms with Gasteiger partial charge in [0, 0.05) is 18.4 Å². The summed E-state index contributed by atoms with van der Waals surface area (Å²) in [5.41, 5.74) is 9.09. The lowest BCUT2D eigenvalue weighted by Crippen LogP contribution is -2.68. The third-order valence-electron chi connectivity index (χ3n) is 8.17. The second-order valence-electron chi connectivity index (χ2n) is 13.6. The van der Waals surface area contributed by atoms with Crippen LogP contribution in [-0.4, -0.2) is 61.0 Å². The van der Waals surface area contributed by atoms with Crippen LogP contribution in [0, 0.1) is 0 Å². The molecule has 13 nitrogen and oxygen atoms in total. The highest BCUT2D eigenvalue weighted by molar-refractivity contribution is 7.14. The number of β-lactam (4-membered cyclic amide) rings is 1. The molecule has 1 aromatic heterocycles. The molecule has 0 bridgehead atoms. The van der Waals surface area contributed by atoms with Crippen molar-refractivity contribution in [2.75, 3.05) is 11.9 Å². The highest BCUT2D eigenvalue weighted by atomic mass is 32.1. The number of esters is 1. The van der Waals surface area contributed by atoms with Crippen LogP contribution >= 0.6 is 11.3 Å². The van der Waals surface area contributed by atoms with Gasteiger partial charge in [-0.2, -0.15) is 0 Å². The summed E-state index contributed by atoms with van der Waals surface area (Å²) < 4.78 is 5.49. The maximum Gasteiger partial charge on any atom is 0.352 e. The molecular weight excluding hydrogens is 685 g/mol. The van der Waals surface area contributed by atoms with Crippen molar-refractivity contribution in [1.29, 1.82) is 0 Å². The van der Waals surface area contributed by atoms with Crippen LogP contribution in [0.2, 0.25) is 25.7 Å². The average molecular weight is 725 g/mol. The van der Waals surface area contributed by atoms with E-state index >= 15 is 0 Å². The monoisotopic (exact) mass is 724 g/mol. The van der Waals surface area contributed by atoms with E-state index < -0.39 is 49.2 Å². The number of nitrogens with zero attached hydrogens (tertiary/aromatic N) is 5. The molecule has 0 spiro atoms. The molecule has 0 radical (unpaired) electrons. The van der Waals surface area contributed by atoms with Crippen LogP contribution < -0.4 is 16.0 Å². The van der Waals surface area contributed by atoms with Crippen LogP contribution in [0.5, 0.6) is 0 Å². The predicted octanol–water partition coefficient (Wildman–Crippen LogP) is 6.18. The molecule has 2 atom stereocenters. The molecular formula is C36H40N8O5SSi. The third-order valence-corrected chi connectivity index (χ3v) is 10.6. The summed E-state index contributed by atoms with van der Waals surface area (Å²) >= 11 is 1.23. The van der Waals surface area contributed by atoms with Crippen LogP contribution in [0.3, 0.4) is 0 Å². The number of carbonyl (C=O) groups is 3. The Morgan fingerprint density at radius 3 is 2.00 bits per heavy atom. The molecule has 2 heterocycles. The summed E-state index contributed by atoms with van der Waals surface area (Å²) in [5.74, 6) is -2.01. The zero-order valence-corrected chi connectivity index (χ0v) is 30.8. The summed E-state index contributed by atoms with van der Waals surface area (Å²) in [7, 11) is -1.46. The van der Waals surface area contributed by atoms with Gasteiger partial charge in [0.05, 0.1) is 6.61 Å². The number of oxime groups is 1. The molecule has 4 aromatic rings. The molecule has 0 aliphatic carbocycles. The van der Waals surface area contributed by atoms with Crippen molar-refractivity contribution in [2.24, 2.45) is 10.3 Å². The highest BCUT2D eigenvalue weighted by Gasteiger charge is 2.42. The summed E-state index contributed by atoms with van der Waals surface area (Å²) in [5, 5.41) is 18.4. The van der Waals surface area contributed by atoms with E-state index in [1.54, 1.807) is 5.38 Å². The molecule has 15 heteroatoms. The number of azide groups is 1. The van der Waals surface area contributed by atoms with Crippen LogP contribution in [-0.2, 0) is 29.5 Å². The largest absolute Gasteiger partial charge is 0.463 e. The number of nitrogens with one attached hydrogen (secondary N) is 3. The van der Waals surface area contributed by atoms with Gasteiger partial charge in [0.1, 0.15) is 23.4 Å². The van der Waals surface area contributed by atoms with Crippen LogP contribution in [0.1, 0.15) is 36.2 Å². The first kappa shape index (κ1) is 36.8. The maximum atomic E-state index is 13.8. The fraction of sp³-hybridized carbons (Fsp3) is 0.306. The molecule has 1 fully saturated rings. The molecule has 5 rings (SSSR count).